The molecule has 0 aromatic rings. The Kier molecular flexibility index (Phi) is 10.1. The highest BCUT2D eigenvalue weighted by Crippen LogP contribution is 2.40. The fourth-order valence-electron chi connectivity index (χ4n) is 4.07. The summed E-state index contributed by atoms with van der Waals surface area (Å²) in [6.45, 7) is 8.20. The van der Waals surface area contributed by atoms with E-state index in [1.54, 1.807) is 0 Å². The molecular formula is C21H41NO4. The molecule has 1 fully saturated rings. The molecule has 5 nitrogen and oxygen atoms in total. The van der Waals surface area contributed by atoms with E-state index in [1.807, 2.05) is 20.8 Å². The summed E-state index contributed by atoms with van der Waals surface area (Å²) < 4.78 is 0. The van der Waals surface area contributed by atoms with Crippen molar-refractivity contribution in [1.29, 1.82) is 0 Å². The van der Waals surface area contributed by atoms with E-state index in [-0.39, 0.29) is 29.8 Å². The van der Waals surface area contributed by atoms with E-state index in [9.17, 15) is 20.1 Å². The topological polar surface area (TPSA) is 89.8 Å². The second kappa shape index (κ2) is 11.3. The quantitative estimate of drug-likeness (QED) is 0.444. The molecule has 1 amide bonds. The lowest BCUT2D eigenvalue weighted by Gasteiger charge is -2.47. The van der Waals surface area contributed by atoms with E-state index in [4.69, 9.17) is 0 Å². The van der Waals surface area contributed by atoms with Crippen molar-refractivity contribution in [2.45, 2.75) is 104 Å². The third-order valence-electron chi connectivity index (χ3n) is 5.87. The molecule has 0 bridgehead atoms. The van der Waals surface area contributed by atoms with Crippen molar-refractivity contribution in [3.05, 3.63) is 0 Å². The molecule has 26 heavy (non-hydrogen) atoms. The van der Waals surface area contributed by atoms with E-state index in [2.05, 4.69) is 12.2 Å². The molecule has 0 saturated heterocycles. The van der Waals surface area contributed by atoms with Gasteiger partial charge in [-0.1, -0.05) is 66.2 Å². The highest BCUT2D eigenvalue weighted by Gasteiger charge is 2.47. The first-order valence-electron chi connectivity index (χ1n) is 10.5. The van der Waals surface area contributed by atoms with Crippen molar-refractivity contribution in [2.24, 2.45) is 17.3 Å². The summed E-state index contributed by atoms with van der Waals surface area (Å²) in [6, 6.07) is -0.706. The van der Waals surface area contributed by atoms with Crippen molar-refractivity contribution in [3.8, 4) is 0 Å². The van der Waals surface area contributed by atoms with Gasteiger partial charge in [0.25, 0.3) is 0 Å². The van der Waals surface area contributed by atoms with Crippen LogP contribution in [0.5, 0.6) is 0 Å². The number of amides is 1. The average molecular weight is 372 g/mol. The fraction of sp³-hybridized carbons (Fsp3) is 0.952. The van der Waals surface area contributed by atoms with Crippen LogP contribution in [0.2, 0.25) is 0 Å². The molecule has 1 aliphatic carbocycles. The van der Waals surface area contributed by atoms with Crippen molar-refractivity contribution in [3.63, 3.8) is 0 Å². The van der Waals surface area contributed by atoms with E-state index in [0.29, 0.717) is 12.8 Å². The molecule has 0 radical (unpaired) electrons. The molecule has 1 saturated carbocycles. The van der Waals surface area contributed by atoms with E-state index >= 15 is 0 Å². The lowest BCUT2D eigenvalue weighted by atomic mass is 9.65. The van der Waals surface area contributed by atoms with Crippen molar-refractivity contribution in [2.75, 3.05) is 6.61 Å². The lowest BCUT2D eigenvalue weighted by molar-refractivity contribution is -0.133. The Balaban J connectivity index is 2.49. The van der Waals surface area contributed by atoms with Gasteiger partial charge in [0.2, 0.25) is 5.91 Å². The molecule has 5 heteroatoms. The SMILES string of the molecule is CCCCCCCCCC(=O)N[C@@H]1C(O)C(C(C)(C)C)CC(CO)[C@@H]1O. The maximum atomic E-state index is 12.3. The van der Waals surface area contributed by atoms with Crippen LogP contribution in [-0.4, -0.2) is 46.1 Å². The Morgan fingerprint density at radius 1 is 1.00 bits per heavy atom. The maximum absolute atomic E-state index is 12.3. The number of rotatable bonds is 10. The zero-order valence-electron chi connectivity index (χ0n) is 17.2. The maximum Gasteiger partial charge on any atom is 0.220 e. The van der Waals surface area contributed by atoms with Gasteiger partial charge >= 0.3 is 0 Å². The molecule has 1 rings (SSSR count). The van der Waals surface area contributed by atoms with E-state index in [1.165, 1.54) is 25.7 Å². The van der Waals surface area contributed by atoms with Gasteiger partial charge in [0.05, 0.1) is 18.2 Å². The zero-order valence-corrected chi connectivity index (χ0v) is 17.2. The Labute approximate surface area is 159 Å². The van der Waals surface area contributed by atoms with Crippen LogP contribution >= 0.6 is 0 Å². The number of unbranched alkanes of at least 4 members (excludes halogenated alkanes) is 6. The number of carbonyl (C=O) groups is 1. The minimum Gasteiger partial charge on any atom is -0.396 e. The molecule has 1 aliphatic rings. The van der Waals surface area contributed by atoms with Crippen LogP contribution in [0.25, 0.3) is 0 Å². The summed E-state index contributed by atoms with van der Waals surface area (Å²) >= 11 is 0. The predicted octanol–water partition coefficient (Wildman–Crippen LogP) is 3.01. The molecule has 0 aromatic carbocycles. The van der Waals surface area contributed by atoms with Crippen molar-refractivity contribution >= 4 is 5.91 Å². The van der Waals surface area contributed by atoms with Crippen LogP contribution in [-0.2, 0) is 4.79 Å². The minimum absolute atomic E-state index is 0.0769. The largest absolute Gasteiger partial charge is 0.396 e. The molecule has 3 unspecified atom stereocenters. The average Bonchev–Trinajstić information content (AvgIpc) is 2.57. The fourth-order valence-corrected chi connectivity index (χ4v) is 4.07. The predicted molar refractivity (Wildman–Crippen MR) is 105 cm³/mol. The number of hydrogen-bond acceptors (Lipinski definition) is 4. The number of aliphatic hydroxyl groups is 3. The Morgan fingerprint density at radius 2 is 1.58 bits per heavy atom. The summed E-state index contributed by atoms with van der Waals surface area (Å²) in [7, 11) is 0. The molecule has 4 N–H and O–H groups in total. The molecule has 0 heterocycles. The molecular weight excluding hydrogens is 330 g/mol. The first-order chi connectivity index (χ1) is 12.2. The normalized spacial score (nSPS) is 29.6. The van der Waals surface area contributed by atoms with Gasteiger partial charge in [0.15, 0.2) is 0 Å². The summed E-state index contributed by atoms with van der Waals surface area (Å²) in [5.74, 6) is -0.508. The second-order valence-corrected chi connectivity index (χ2v) is 9.10. The number of nitrogens with one attached hydrogen (secondary N) is 1. The van der Waals surface area contributed by atoms with Crippen LogP contribution in [0.3, 0.4) is 0 Å². The first-order valence-corrected chi connectivity index (χ1v) is 10.5. The van der Waals surface area contributed by atoms with Gasteiger partial charge < -0.3 is 20.6 Å². The summed E-state index contributed by atoms with van der Waals surface area (Å²) in [4.78, 5) is 12.3. The van der Waals surface area contributed by atoms with Gasteiger partial charge in [-0.15, -0.1) is 0 Å². The van der Waals surface area contributed by atoms with Crippen molar-refractivity contribution in [1.82, 2.24) is 5.32 Å². The molecule has 154 valence electrons. The van der Waals surface area contributed by atoms with Gasteiger partial charge in [0.1, 0.15) is 0 Å². The Morgan fingerprint density at radius 3 is 2.12 bits per heavy atom. The van der Waals surface area contributed by atoms with E-state index < -0.39 is 18.2 Å². The monoisotopic (exact) mass is 371 g/mol. The molecule has 0 aromatic heterocycles. The van der Waals surface area contributed by atoms with Gasteiger partial charge in [-0.2, -0.15) is 0 Å². The molecule has 0 spiro atoms. The highest BCUT2D eigenvalue weighted by atomic mass is 16.3. The van der Waals surface area contributed by atoms with Crippen LogP contribution in [0, 0.1) is 17.3 Å². The zero-order chi connectivity index (χ0) is 19.7. The number of carbonyl (C=O) groups excluding carboxylic acids is 1. The number of aliphatic hydroxyl groups excluding tert-OH is 3. The molecule has 5 atom stereocenters. The highest BCUT2D eigenvalue weighted by molar-refractivity contribution is 5.76. The minimum atomic E-state index is -0.911. The third kappa shape index (κ3) is 7.16. The summed E-state index contributed by atoms with van der Waals surface area (Å²) in [5.41, 5.74) is -0.158. The van der Waals surface area contributed by atoms with Gasteiger partial charge in [0, 0.05) is 18.9 Å². The van der Waals surface area contributed by atoms with Crippen LogP contribution < -0.4 is 5.32 Å². The van der Waals surface area contributed by atoms with E-state index in [0.717, 1.165) is 19.3 Å². The van der Waals surface area contributed by atoms with Crippen LogP contribution in [0.15, 0.2) is 0 Å². The molecule has 0 aliphatic heterocycles. The number of hydrogen-bond donors (Lipinski definition) is 4. The lowest BCUT2D eigenvalue weighted by Crippen LogP contribution is -2.61. The summed E-state index contributed by atoms with van der Waals surface area (Å²) in [5, 5.41) is 33.7. The first kappa shape index (κ1) is 23.4. The third-order valence-corrected chi connectivity index (χ3v) is 5.87. The van der Waals surface area contributed by atoms with Gasteiger partial charge in [-0.05, 0) is 24.2 Å². The summed E-state index contributed by atoms with van der Waals surface area (Å²) in [6.07, 6.45) is 7.30. The van der Waals surface area contributed by atoms with Gasteiger partial charge in [-0.25, -0.2) is 0 Å². The van der Waals surface area contributed by atoms with Crippen molar-refractivity contribution < 1.29 is 20.1 Å². The Hall–Kier alpha value is -0.650. The van der Waals surface area contributed by atoms with Gasteiger partial charge in [-0.3, -0.25) is 4.79 Å². The standard InChI is InChI=1S/C21H41NO4/c1-5-6-7-8-9-10-11-12-17(24)22-18-19(25)15(14-23)13-16(20(18)26)21(2,3)4/h15-16,18-20,23,25-26H,5-14H2,1-4H3,(H,22,24)/t15?,16?,18-,19-,20?/m0/s1. The second-order valence-electron chi connectivity index (χ2n) is 9.10. The van der Waals surface area contributed by atoms with Crippen LogP contribution in [0.1, 0.15) is 85.5 Å². The smallest absolute Gasteiger partial charge is 0.220 e. The van der Waals surface area contributed by atoms with Crippen LogP contribution in [0.4, 0.5) is 0 Å². The Bertz CT molecular complexity index is 407.